The van der Waals surface area contributed by atoms with Gasteiger partial charge >= 0.3 is 5.97 Å². The first-order chi connectivity index (χ1) is 16.3. The highest BCUT2D eigenvalue weighted by atomic mass is 16.4. The van der Waals surface area contributed by atoms with Crippen molar-refractivity contribution in [3.05, 3.63) is 35.9 Å². The van der Waals surface area contributed by atoms with E-state index >= 15 is 0 Å². The molecule has 1 aromatic carbocycles. The summed E-state index contributed by atoms with van der Waals surface area (Å²) in [6.45, 7) is 0.389. The van der Waals surface area contributed by atoms with Crippen LogP contribution in [0.15, 0.2) is 30.3 Å². The first-order valence-corrected chi connectivity index (χ1v) is 11.6. The van der Waals surface area contributed by atoms with Crippen molar-refractivity contribution in [2.75, 3.05) is 19.7 Å². The molecule has 0 bridgehead atoms. The number of carboxylic acid groups (broad SMARTS) is 1. The number of hydrogen-bond acceptors (Lipinski definition) is 7. The highest BCUT2D eigenvalue weighted by molar-refractivity contribution is 5.94. The molecule has 4 unspecified atom stereocenters. The van der Waals surface area contributed by atoms with Gasteiger partial charge in [-0.15, -0.1) is 0 Å². The molecule has 0 aromatic heterocycles. The lowest BCUT2D eigenvalue weighted by Crippen LogP contribution is -2.58. The Morgan fingerprint density at radius 2 is 1.68 bits per heavy atom. The van der Waals surface area contributed by atoms with E-state index in [2.05, 4.69) is 21.3 Å². The molecule has 3 amide bonds. The van der Waals surface area contributed by atoms with Crippen LogP contribution in [0, 0.1) is 0 Å². The summed E-state index contributed by atoms with van der Waals surface area (Å²) in [5, 5.41) is 29.7. The van der Waals surface area contributed by atoms with Crippen LogP contribution in [0.25, 0.3) is 0 Å². The number of rotatable bonds is 14. The number of hydrogen-bond donors (Lipinski definition) is 7. The molecule has 1 aromatic rings. The van der Waals surface area contributed by atoms with Gasteiger partial charge in [0.15, 0.2) is 0 Å². The lowest BCUT2D eigenvalue weighted by Gasteiger charge is -2.24. The number of carbonyl (C=O) groups excluding carboxylic acids is 3. The van der Waals surface area contributed by atoms with Gasteiger partial charge in [-0.05, 0) is 50.8 Å². The average Bonchev–Trinajstić information content (AvgIpc) is 3.37. The minimum atomic E-state index is -1.37. The SMILES string of the molecule is NCCCCC(NC(=O)C(CO)NC(=O)C(Cc1ccccc1)NC(=O)C1CCCN1)C(=O)O. The summed E-state index contributed by atoms with van der Waals surface area (Å²) in [6, 6.07) is 5.16. The van der Waals surface area contributed by atoms with Gasteiger partial charge in [-0.25, -0.2) is 4.79 Å². The predicted molar refractivity (Wildman–Crippen MR) is 125 cm³/mol. The second kappa shape index (κ2) is 14.3. The maximum atomic E-state index is 13.0. The third-order valence-corrected chi connectivity index (χ3v) is 5.67. The second-order valence-electron chi connectivity index (χ2n) is 8.33. The van der Waals surface area contributed by atoms with Crippen molar-refractivity contribution in [3.8, 4) is 0 Å². The molecule has 1 aliphatic rings. The molecule has 0 aliphatic carbocycles. The Morgan fingerprint density at radius 3 is 2.26 bits per heavy atom. The van der Waals surface area contributed by atoms with E-state index in [0.29, 0.717) is 25.8 Å². The number of nitrogens with two attached hydrogens (primary N) is 1. The second-order valence-corrected chi connectivity index (χ2v) is 8.33. The van der Waals surface area contributed by atoms with Crippen molar-refractivity contribution in [3.63, 3.8) is 0 Å². The number of carboxylic acids is 1. The zero-order valence-electron chi connectivity index (χ0n) is 19.2. The molecule has 188 valence electrons. The van der Waals surface area contributed by atoms with E-state index in [1.807, 2.05) is 30.3 Å². The Balaban J connectivity index is 2.06. The van der Waals surface area contributed by atoms with Crippen LogP contribution in [0.5, 0.6) is 0 Å². The van der Waals surface area contributed by atoms with Crippen LogP contribution in [-0.2, 0) is 25.6 Å². The quantitative estimate of drug-likeness (QED) is 0.160. The van der Waals surface area contributed by atoms with E-state index in [1.54, 1.807) is 0 Å². The Labute approximate surface area is 198 Å². The fourth-order valence-electron chi connectivity index (χ4n) is 3.73. The molecule has 34 heavy (non-hydrogen) atoms. The number of amides is 3. The summed E-state index contributed by atoms with van der Waals surface area (Å²) in [5.74, 6) is -3.01. The molecule has 4 atom stereocenters. The van der Waals surface area contributed by atoms with Gasteiger partial charge in [0.25, 0.3) is 0 Å². The van der Waals surface area contributed by atoms with Gasteiger partial charge in [0.2, 0.25) is 17.7 Å². The number of carbonyl (C=O) groups is 4. The van der Waals surface area contributed by atoms with Gasteiger partial charge in [0, 0.05) is 6.42 Å². The topological polar surface area (TPSA) is 183 Å². The zero-order valence-corrected chi connectivity index (χ0v) is 19.2. The Hall–Kier alpha value is -3.02. The number of aliphatic hydroxyl groups excluding tert-OH is 1. The standard InChI is InChI=1S/C23H35N5O6/c24-11-5-4-9-17(23(33)34)26-22(32)19(14-29)28-21(31)18(13-15-7-2-1-3-8-15)27-20(30)16-10-6-12-25-16/h1-3,7-8,16-19,25,29H,4-6,9-14,24H2,(H,26,32)(H,27,30)(H,28,31)(H,33,34). The number of aliphatic carboxylic acids is 1. The molecule has 1 aliphatic heterocycles. The zero-order chi connectivity index (χ0) is 24.9. The Kier molecular flexibility index (Phi) is 11.4. The van der Waals surface area contributed by atoms with Crippen molar-refractivity contribution in [2.24, 2.45) is 5.73 Å². The maximum Gasteiger partial charge on any atom is 0.326 e. The summed E-state index contributed by atoms with van der Waals surface area (Å²) < 4.78 is 0. The van der Waals surface area contributed by atoms with E-state index in [9.17, 15) is 29.4 Å². The van der Waals surface area contributed by atoms with Crippen LogP contribution < -0.4 is 27.0 Å². The van der Waals surface area contributed by atoms with Crippen LogP contribution in [-0.4, -0.2) is 77.8 Å². The number of benzene rings is 1. The van der Waals surface area contributed by atoms with Gasteiger partial charge in [-0.1, -0.05) is 30.3 Å². The van der Waals surface area contributed by atoms with E-state index in [4.69, 9.17) is 5.73 Å². The first kappa shape index (κ1) is 27.2. The fraction of sp³-hybridized carbons (Fsp3) is 0.565. The van der Waals surface area contributed by atoms with Gasteiger partial charge in [0.05, 0.1) is 12.6 Å². The lowest BCUT2D eigenvalue weighted by atomic mass is 10.0. The molecule has 1 saturated heterocycles. The van der Waals surface area contributed by atoms with Gasteiger partial charge < -0.3 is 37.2 Å². The van der Waals surface area contributed by atoms with Gasteiger partial charge in [-0.2, -0.15) is 0 Å². The molecule has 1 fully saturated rings. The van der Waals surface area contributed by atoms with E-state index in [1.165, 1.54) is 0 Å². The molecule has 0 spiro atoms. The minimum Gasteiger partial charge on any atom is -0.480 e. The first-order valence-electron chi connectivity index (χ1n) is 11.6. The number of unbranched alkanes of at least 4 members (excludes halogenated alkanes) is 1. The van der Waals surface area contributed by atoms with Crippen LogP contribution in [0.1, 0.15) is 37.7 Å². The molecular formula is C23H35N5O6. The van der Waals surface area contributed by atoms with Crippen LogP contribution in [0.3, 0.4) is 0 Å². The Bertz CT molecular complexity index is 815. The molecule has 1 heterocycles. The Morgan fingerprint density at radius 1 is 1.00 bits per heavy atom. The normalized spacial score (nSPS) is 17.9. The fourth-order valence-corrected chi connectivity index (χ4v) is 3.73. The van der Waals surface area contributed by atoms with Crippen LogP contribution >= 0.6 is 0 Å². The lowest BCUT2D eigenvalue weighted by molar-refractivity contribution is -0.142. The summed E-state index contributed by atoms with van der Waals surface area (Å²) >= 11 is 0. The largest absolute Gasteiger partial charge is 0.480 e. The van der Waals surface area contributed by atoms with Gasteiger partial charge in [0.1, 0.15) is 18.1 Å². The van der Waals surface area contributed by atoms with Gasteiger partial charge in [-0.3, -0.25) is 14.4 Å². The van der Waals surface area contributed by atoms with Crippen molar-refractivity contribution < 1.29 is 29.4 Å². The molecule has 2 rings (SSSR count). The molecule has 0 radical (unpaired) electrons. The van der Waals surface area contributed by atoms with Crippen LogP contribution in [0.2, 0.25) is 0 Å². The van der Waals surface area contributed by atoms with E-state index in [-0.39, 0.29) is 18.7 Å². The maximum absolute atomic E-state index is 13.0. The van der Waals surface area contributed by atoms with E-state index < -0.39 is 48.6 Å². The number of aliphatic hydroxyl groups is 1. The van der Waals surface area contributed by atoms with Crippen LogP contribution in [0.4, 0.5) is 0 Å². The minimum absolute atomic E-state index is 0.172. The summed E-state index contributed by atoms with van der Waals surface area (Å²) in [6.07, 6.45) is 2.98. The van der Waals surface area contributed by atoms with Crippen molar-refractivity contribution in [1.29, 1.82) is 0 Å². The third-order valence-electron chi connectivity index (χ3n) is 5.67. The average molecular weight is 478 g/mol. The van der Waals surface area contributed by atoms with E-state index in [0.717, 1.165) is 18.5 Å². The summed E-state index contributed by atoms with van der Waals surface area (Å²) in [5.41, 5.74) is 6.23. The predicted octanol–water partition coefficient (Wildman–Crippen LogP) is -1.36. The van der Waals surface area contributed by atoms with Crippen molar-refractivity contribution >= 4 is 23.7 Å². The number of nitrogens with one attached hydrogen (secondary N) is 4. The monoisotopic (exact) mass is 477 g/mol. The summed E-state index contributed by atoms with van der Waals surface area (Å²) in [4.78, 5) is 49.7. The molecule has 0 saturated carbocycles. The highest BCUT2D eigenvalue weighted by Gasteiger charge is 2.31. The smallest absolute Gasteiger partial charge is 0.326 e. The van der Waals surface area contributed by atoms with Crippen molar-refractivity contribution in [2.45, 2.75) is 62.7 Å². The third kappa shape index (κ3) is 8.73. The molecule has 11 nitrogen and oxygen atoms in total. The highest BCUT2D eigenvalue weighted by Crippen LogP contribution is 2.08. The molecule has 11 heteroatoms. The molecule has 8 N–H and O–H groups in total. The van der Waals surface area contributed by atoms with Crippen molar-refractivity contribution in [1.82, 2.24) is 21.3 Å². The summed E-state index contributed by atoms with van der Waals surface area (Å²) in [7, 11) is 0. The molecular weight excluding hydrogens is 442 g/mol.